The highest BCUT2D eigenvalue weighted by Crippen LogP contribution is 2.56. The molecule has 1 aromatic carbocycles. The van der Waals surface area contributed by atoms with Crippen LogP contribution in [-0.2, 0) is 4.74 Å². The molecule has 2 nitrogen and oxygen atoms in total. The molecule has 1 aliphatic carbocycles. The Bertz CT molecular complexity index is 437. The smallest absolute Gasteiger partial charge is 0.0528 e. The maximum atomic E-state index is 5.64. The molecule has 2 fully saturated rings. The zero-order valence-corrected chi connectivity index (χ0v) is 12.1. The van der Waals surface area contributed by atoms with E-state index in [1.54, 1.807) is 0 Å². The number of hydrogen-bond acceptors (Lipinski definition) is 2. The van der Waals surface area contributed by atoms with Gasteiger partial charge in [0.05, 0.1) is 6.61 Å². The van der Waals surface area contributed by atoms with Crippen LogP contribution in [0.2, 0.25) is 0 Å². The van der Waals surface area contributed by atoms with Crippen LogP contribution in [0.1, 0.15) is 36.3 Å². The molecule has 3 rings (SSSR count). The number of ether oxygens (including phenoxy) is 1. The predicted octanol–water partition coefficient (Wildman–Crippen LogP) is 3.11. The Hall–Kier alpha value is -0.860. The van der Waals surface area contributed by atoms with E-state index in [1.165, 1.54) is 30.4 Å². The summed E-state index contributed by atoms with van der Waals surface area (Å²) in [7, 11) is 1.86. The first-order valence-electron chi connectivity index (χ1n) is 7.52. The van der Waals surface area contributed by atoms with Gasteiger partial charge in [-0.3, -0.25) is 0 Å². The summed E-state index contributed by atoms with van der Waals surface area (Å²) in [6, 6.07) is 9.06. The molecule has 1 aromatic rings. The van der Waals surface area contributed by atoms with Crippen LogP contribution in [0, 0.1) is 18.3 Å². The summed E-state index contributed by atoms with van der Waals surface area (Å²) in [5.41, 5.74) is 3.23. The number of aryl methyl sites for hydroxylation is 1. The molecule has 1 saturated heterocycles. The lowest BCUT2D eigenvalue weighted by atomic mass is 9.65. The van der Waals surface area contributed by atoms with Crippen molar-refractivity contribution in [2.45, 2.75) is 32.1 Å². The highest BCUT2D eigenvalue weighted by molar-refractivity contribution is 5.29. The van der Waals surface area contributed by atoms with Crippen LogP contribution in [0.3, 0.4) is 0 Å². The first-order valence-corrected chi connectivity index (χ1v) is 7.52. The van der Waals surface area contributed by atoms with Crippen LogP contribution < -0.4 is 5.32 Å². The van der Waals surface area contributed by atoms with Gasteiger partial charge in [0.25, 0.3) is 0 Å². The molecule has 1 aliphatic heterocycles. The van der Waals surface area contributed by atoms with Gasteiger partial charge < -0.3 is 10.1 Å². The third-order valence-corrected chi connectivity index (χ3v) is 5.06. The average Bonchev–Trinajstić information content (AvgIpc) is 3.24. The molecule has 0 aromatic heterocycles. The topological polar surface area (TPSA) is 21.3 Å². The summed E-state index contributed by atoms with van der Waals surface area (Å²) < 4.78 is 5.64. The lowest BCUT2D eigenvalue weighted by molar-refractivity contribution is 0.0184. The molecule has 104 valence electrons. The van der Waals surface area contributed by atoms with Crippen LogP contribution in [0.4, 0.5) is 0 Å². The Morgan fingerprint density at radius 2 is 2.21 bits per heavy atom. The molecule has 1 N–H and O–H groups in total. The number of nitrogens with one attached hydrogen (secondary N) is 1. The van der Waals surface area contributed by atoms with E-state index in [-0.39, 0.29) is 0 Å². The van der Waals surface area contributed by atoms with E-state index in [4.69, 9.17) is 4.74 Å². The molecule has 1 heterocycles. The molecule has 2 atom stereocenters. The van der Waals surface area contributed by atoms with Gasteiger partial charge in [-0.2, -0.15) is 0 Å². The van der Waals surface area contributed by atoms with Gasteiger partial charge >= 0.3 is 0 Å². The van der Waals surface area contributed by atoms with E-state index < -0.39 is 0 Å². The highest BCUT2D eigenvalue weighted by atomic mass is 16.5. The lowest BCUT2D eigenvalue weighted by Gasteiger charge is -2.45. The molecule has 2 aliphatic rings. The molecule has 0 bridgehead atoms. The van der Waals surface area contributed by atoms with Crippen molar-refractivity contribution >= 4 is 0 Å². The maximum Gasteiger partial charge on any atom is 0.0528 e. The monoisotopic (exact) mass is 259 g/mol. The van der Waals surface area contributed by atoms with Crippen molar-refractivity contribution in [3.63, 3.8) is 0 Å². The van der Waals surface area contributed by atoms with Crippen molar-refractivity contribution < 1.29 is 4.74 Å². The summed E-state index contributed by atoms with van der Waals surface area (Å²) in [5.74, 6) is 1.48. The van der Waals surface area contributed by atoms with Gasteiger partial charge in [-0.15, -0.1) is 0 Å². The molecule has 0 amide bonds. The van der Waals surface area contributed by atoms with Crippen molar-refractivity contribution in [3.8, 4) is 0 Å². The Morgan fingerprint density at radius 3 is 2.89 bits per heavy atom. The average molecular weight is 259 g/mol. The van der Waals surface area contributed by atoms with Crippen LogP contribution in [0.5, 0.6) is 0 Å². The van der Waals surface area contributed by atoms with Crippen molar-refractivity contribution in [2.24, 2.45) is 11.3 Å². The zero-order chi connectivity index (χ0) is 13.3. The number of piperidine rings is 1. The first kappa shape index (κ1) is 13.1. The Morgan fingerprint density at radius 1 is 1.37 bits per heavy atom. The van der Waals surface area contributed by atoms with Crippen LogP contribution in [0.15, 0.2) is 24.3 Å². The fraction of sp³-hybridized carbons (Fsp3) is 0.647. The normalized spacial score (nSPS) is 31.4. The van der Waals surface area contributed by atoms with Gasteiger partial charge in [0.2, 0.25) is 0 Å². The Kier molecular flexibility index (Phi) is 3.64. The minimum absolute atomic E-state index is 0.369. The van der Waals surface area contributed by atoms with Crippen molar-refractivity contribution in [3.05, 3.63) is 35.4 Å². The number of benzene rings is 1. The van der Waals surface area contributed by atoms with Gasteiger partial charge in [0, 0.05) is 25.0 Å². The lowest BCUT2D eigenvalue weighted by Crippen LogP contribution is -2.47. The molecule has 0 spiro atoms. The number of hydrogen-bond donors (Lipinski definition) is 1. The zero-order valence-electron chi connectivity index (χ0n) is 12.1. The van der Waals surface area contributed by atoms with E-state index in [2.05, 4.69) is 36.5 Å². The second-order valence-electron chi connectivity index (χ2n) is 6.36. The number of rotatable bonds is 4. The van der Waals surface area contributed by atoms with Crippen molar-refractivity contribution in [2.75, 3.05) is 26.8 Å². The minimum Gasteiger partial charge on any atom is -0.384 e. The second-order valence-corrected chi connectivity index (χ2v) is 6.36. The fourth-order valence-electron chi connectivity index (χ4n) is 3.99. The first-order chi connectivity index (χ1) is 9.26. The third kappa shape index (κ3) is 2.44. The number of methoxy groups -OCH3 is 1. The van der Waals surface area contributed by atoms with Crippen molar-refractivity contribution in [1.82, 2.24) is 5.32 Å². The Balaban J connectivity index is 1.95. The van der Waals surface area contributed by atoms with Crippen LogP contribution in [-0.4, -0.2) is 26.8 Å². The summed E-state index contributed by atoms with van der Waals surface area (Å²) in [6.45, 7) is 5.35. The van der Waals surface area contributed by atoms with Gasteiger partial charge in [-0.05, 0) is 44.2 Å². The van der Waals surface area contributed by atoms with Crippen molar-refractivity contribution in [1.29, 1.82) is 0 Å². The second kappa shape index (κ2) is 5.26. The molecule has 2 heteroatoms. The SMILES string of the molecule is COCC1(C2CC2)CCNCC1c1cccc(C)c1. The standard InChI is InChI=1S/C17H25NO/c1-13-4-3-5-14(10-13)16-11-18-9-8-17(16,12-19-2)15-6-7-15/h3-5,10,15-16,18H,6-9,11-12H2,1-2H3. The molecular weight excluding hydrogens is 234 g/mol. The van der Waals surface area contributed by atoms with Gasteiger partial charge in [0.15, 0.2) is 0 Å². The largest absolute Gasteiger partial charge is 0.384 e. The summed E-state index contributed by atoms with van der Waals surface area (Å²) in [4.78, 5) is 0. The maximum absolute atomic E-state index is 5.64. The van der Waals surface area contributed by atoms with E-state index in [9.17, 15) is 0 Å². The molecule has 2 unspecified atom stereocenters. The summed E-state index contributed by atoms with van der Waals surface area (Å²) >= 11 is 0. The predicted molar refractivity (Wildman–Crippen MR) is 78.4 cm³/mol. The minimum atomic E-state index is 0.369. The van der Waals surface area contributed by atoms with E-state index >= 15 is 0 Å². The van der Waals surface area contributed by atoms with Gasteiger partial charge in [-0.1, -0.05) is 29.8 Å². The fourth-order valence-corrected chi connectivity index (χ4v) is 3.99. The highest BCUT2D eigenvalue weighted by Gasteiger charge is 2.51. The molecule has 0 radical (unpaired) electrons. The van der Waals surface area contributed by atoms with E-state index in [1.807, 2.05) is 7.11 Å². The summed E-state index contributed by atoms with van der Waals surface area (Å²) in [6.07, 6.45) is 4.04. The summed E-state index contributed by atoms with van der Waals surface area (Å²) in [5, 5.41) is 3.59. The third-order valence-electron chi connectivity index (χ3n) is 5.06. The van der Waals surface area contributed by atoms with Crippen LogP contribution >= 0.6 is 0 Å². The van der Waals surface area contributed by atoms with Crippen LogP contribution in [0.25, 0.3) is 0 Å². The quantitative estimate of drug-likeness (QED) is 0.897. The van der Waals surface area contributed by atoms with Gasteiger partial charge in [0.1, 0.15) is 0 Å². The van der Waals surface area contributed by atoms with E-state index in [0.717, 1.165) is 25.6 Å². The molecule has 1 saturated carbocycles. The van der Waals surface area contributed by atoms with Gasteiger partial charge in [-0.25, -0.2) is 0 Å². The molecular formula is C17H25NO. The molecule has 19 heavy (non-hydrogen) atoms. The Labute approximate surface area is 116 Å². The van der Waals surface area contributed by atoms with E-state index in [0.29, 0.717) is 11.3 Å².